The maximum atomic E-state index is 5.23. The van der Waals surface area contributed by atoms with E-state index in [0.717, 1.165) is 0 Å². The topological polar surface area (TPSA) is 27.7 Å². The standard InChI is InChI=1S/C9H13O3/c1-10-8-6-4-5-7-9(8,11-2)12-3/h4,6H,7H2,1-3H3. The molecule has 0 aliphatic heterocycles. The molecule has 0 amide bonds. The monoisotopic (exact) mass is 169 g/mol. The van der Waals surface area contributed by atoms with Crippen LogP contribution in [-0.4, -0.2) is 27.1 Å². The Labute approximate surface area is 72.6 Å². The van der Waals surface area contributed by atoms with E-state index in [0.29, 0.717) is 12.2 Å². The Bertz CT molecular complexity index is 202. The van der Waals surface area contributed by atoms with Gasteiger partial charge in [0.05, 0.1) is 7.11 Å². The Morgan fingerprint density at radius 2 is 2.00 bits per heavy atom. The van der Waals surface area contributed by atoms with Crippen molar-refractivity contribution < 1.29 is 14.2 Å². The number of hydrogen-bond donors (Lipinski definition) is 0. The predicted octanol–water partition coefficient (Wildman–Crippen LogP) is 1.27. The fourth-order valence-electron chi connectivity index (χ4n) is 1.19. The molecule has 0 saturated heterocycles. The van der Waals surface area contributed by atoms with Gasteiger partial charge in [-0.2, -0.15) is 0 Å². The first-order valence-electron chi connectivity index (χ1n) is 3.70. The molecule has 0 fully saturated rings. The molecule has 0 saturated carbocycles. The fraction of sp³-hybridized carbons (Fsp3) is 0.556. The highest BCUT2D eigenvalue weighted by atomic mass is 16.7. The average molecular weight is 169 g/mol. The summed E-state index contributed by atoms with van der Waals surface area (Å²) in [6.07, 6.45) is 7.15. The summed E-state index contributed by atoms with van der Waals surface area (Å²) in [4.78, 5) is 0. The smallest absolute Gasteiger partial charge is 0.231 e. The summed E-state index contributed by atoms with van der Waals surface area (Å²) < 4.78 is 15.6. The van der Waals surface area contributed by atoms with Crippen molar-refractivity contribution in [1.82, 2.24) is 0 Å². The second-order valence-electron chi connectivity index (χ2n) is 2.44. The highest BCUT2D eigenvalue weighted by Gasteiger charge is 2.36. The highest BCUT2D eigenvalue weighted by molar-refractivity contribution is 5.18. The summed E-state index contributed by atoms with van der Waals surface area (Å²) in [6, 6.07) is 0. The second kappa shape index (κ2) is 3.74. The van der Waals surface area contributed by atoms with Crippen LogP contribution < -0.4 is 0 Å². The molecule has 1 aliphatic rings. The molecule has 1 aliphatic carbocycles. The molecule has 0 bridgehead atoms. The van der Waals surface area contributed by atoms with E-state index in [4.69, 9.17) is 14.2 Å². The maximum absolute atomic E-state index is 5.23. The van der Waals surface area contributed by atoms with Crippen molar-refractivity contribution in [2.45, 2.75) is 12.2 Å². The van der Waals surface area contributed by atoms with Gasteiger partial charge in [0.25, 0.3) is 0 Å². The van der Waals surface area contributed by atoms with Crippen LogP contribution in [0.2, 0.25) is 0 Å². The lowest BCUT2D eigenvalue weighted by atomic mass is 10.1. The molecule has 0 unspecified atom stereocenters. The Kier molecular flexibility index (Phi) is 2.89. The normalized spacial score (nSPS) is 20.4. The number of methoxy groups -OCH3 is 3. The van der Waals surface area contributed by atoms with Crippen LogP contribution in [0.15, 0.2) is 17.9 Å². The Morgan fingerprint density at radius 1 is 1.33 bits per heavy atom. The SMILES string of the molecule is COC1=CC=[C]CC1(OC)OC. The third-order valence-corrected chi connectivity index (χ3v) is 1.94. The molecule has 0 atom stereocenters. The second-order valence-corrected chi connectivity index (χ2v) is 2.44. The van der Waals surface area contributed by atoms with Crippen LogP contribution in [-0.2, 0) is 14.2 Å². The molecule has 12 heavy (non-hydrogen) atoms. The summed E-state index contributed by atoms with van der Waals surface area (Å²) in [7, 11) is 4.77. The first-order valence-corrected chi connectivity index (χ1v) is 3.70. The molecule has 0 spiro atoms. The van der Waals surface area contributed by atoms with Crippen LogP contribution in [0.5, 0.6) is 0 Å². The van der Waals surface area contributed by atoms with E-state index >= 15 is 0 Å². The number of hydrogen-bond acceptors (Lipinski definition) is 3. The lowest BCUT2D eigenvalue weighted by molar-refractivity contribution is -0.199. The predicted molar refractivity (Wildman–Crippen MR) is 44.3 cm³/mol. The van der Waals surface area contributed by atoms with Crippen LogP contribution in [0, 0.1) is 6.08 Å². The lowest BCUT2D eigenvalue weighted by Gasteiger charge is -2.32. The van der Waals surface area contributed by atoms with Crippen molar-refractivity contribution >= 4 is 0 Å². The zero-order chi connectivity index (χ0) is 9.03. The van der Waals surface area contributed by atoms with Crippen molar-refractivity contribution in [2.75, 3.05) is 21.3 Å². The summed E-state index contributed by atoms with van der Waals surface area (Å²) in [5.41, 5.74) is 0. The van der Waals surface area contributed by atoms with Gasteiger partial charge in [-0.25, -0.2) is 0 Å². The third kappa shape index (κ3) is 1.38. The van der Waals surface area contributed by atoms with Crippen LogP contribution in [0.4, 0.5) is 0 Å². The van der Waals surface area contributed by atoms with Crippen molar-refractivity contribution in [2.24, 2.45) is 0 Å². The molecule has 0 heterocycles. The van der Waals surface area contributed by atoms with E-state index in [9.17, 15) is 0 Å². The molecule has 0 N–H and O–H groups in total. The largest absolute Gasteiger partial charge is 0.495 e. The third-order valence-electron chi connectivity index (χ3n) is 1.94. The van der Waals surface area contributed by atoms with Gasteiger partial charge in [-0.05, 0) is 12.2 Å². The van der Waals surface area contributed by atoms with Crippen molar-refractivity contribution in [3.8, 4) is 0 Å². The van der Waals surface area contributed by atoms with E-state index in [1.165, 1.54) is 0 Å². The molecular weight excluding hydrogens is 156 g/mol. The molecule has 3 heteroatoms. The minimum absolute atomic E-state index is 0.555. The zero-order valence-corrected chi connectivity index (χ0v) is 7.59. The maximum Gasteiger partial charge on any atom is 0.231 e. The van der Waals surface area contributed by atoms with Gasteiger partial charge >= 0.3 is 0 Å². The Hall–Kier alpha value is -0.800. The molecular formula is C9H13O3. The van der Waals surface area contributed by atoms with Gasteiger partial charge in [-0.1, -0.05) is 6.08 Å². The van der Waals surface area contributed by atoms with Gasteiger partial charge in [-0.15, -0.1) is 0 Å². The Morgan fingerprint density at radius 3 is 2.42 bits per heavy atom. The van der Waals surface area contributed by atoms with Crippen LogP contribution in [0.1, 0.15) is 6.42 Å². The van der Waals surface area contributed by atoms with Crippen LogP contribution in [0.25, 0.3) is 0 Å². The van der Waals surface area contributed by atoms with Gasteiger partial charge in [0.1, 0.15) is 0 Å². The van der Waals surface area contributed by atoms with Crippen LogP contribution in [0.3, 0.4) is 0 Å². The van der Waals surface area contributed by atoms with Gasteiger partial charge < -0.3 is 14.2 Å². The Balaban J connectivity index is 2.88. The van der Waals surface area contributed by atoms with Gasteiger partial charge in [-0.3, -0.25) is 0 Å². The molecule has 67 valence electrons. The van der Waals surface area contributed by atoms with Gasteiger partial charge in [0.15, 0.2) is 5.76 Å². The van der Waals surface area contributed by atoms with Crippen molar-refractivity contribution in [3.63, 3.8) is 0 Å². The summed E-state index contributed by atoms with van der Waals surface area (Å²) >= 11 is 0. The summed E-state index contributed by atoms with van der Waals surface area (Å²) in [6.45, 7) is 0. The van der Waals surface area contributed by atoms with Crippen molar-refractivity contribution in [3.05, 3.63) is 24.0 Å². The highest BCUT2D eigenvalue weighted by Crippen LogP contribution is 2.29. The average Bonchev–Trinajstić information content (AvgIpc) is 2.17. The molecule has 0 aromatic rings. The number of ether oxygens (including phenoxy) is 3. The first kappa shape index (κ1) is 9.29. The van der Waals surface area contributed by atoms with E-state index in [1.807, 2.05) is 0 Å². The molecule has 0 aromatic heterocycles. The zero-order valence-electron chi connectivity index (χ0n) is 7.59. The lowest BCUT2D eigenvalue weighted by Crippen LogP contribution is -2.37. The minimum atomic E-state index is -0.774. The molecule has 3 nitrogen and oxygen atoms in total. The molecule has 1 radical (unpaired) electrons. The van der Waals surface area contributed by atoms with Crippen LogP contribution >= 0.6 is 0 Å². The van der Waals surface area contributed by atoms with Crippen molar-refractivity contribution in [1.29, 1.82) is 0 Å². The minimum Gasteiger partial charge on any atom is -0.495 e. The fourth-order valence-corrected chi connectivity index (χ4v) is 1.19. The van der Waals surface area contributed by atoms with E-state index < -0.39 is 5.79 Å². The van der Waals surface area contributed by atoms with Gasteiger partial charge in [0, 0.05) is 20.6 Å². The molecule has 1 rings (SSSR count). The summed E-state index contributed by atoms with van der Waals surface area (Å²) in [5, 5.41) is 0. The quantitative estimate of drug-likeness (QED) is 0.595. The van der Waals surface area contributed by atoms with E-state index in [2.05, 4.69) is 6.08 Å². The first-order chi connectivity index (χ1) is 5.79. The number of allylic oxidation sites excluding steroid dienone is 2. The number of rotatable bonds is 3. The van der Waals surface area contributed by atoms with E-state index in [-0.39, 0.29) is 0 Å². The van der Waals surface area contributed by atoms with E-state index in [1.54, 1.807) is 33.5 Å². The summed E-state index contributed by atoms with van der Waals surface area (Å²) in [5.74, 6) is -0.102. The van der Waals surface area contributed by atoms with Gasteiger partial charge in [0.2, 0.25) is 5.79 Å². The molecule has 0 aromatic carbocycles.